The van der Waals surface area contributed by atoms with E-state index < -0.39 is 6.04 Å². The summed E-state index contributed by atoms with van der Waals surface area (Å²) in [6.07, 6.45) is 0.488. The molecule has 1 aromatic carbocycles. The van der Waals surface area contributed by atoms with Gasteiger partial charge in [-0.25, -0.2) is 0 Å². The van der Waals surface area contributed by atoms with Gasteiger partial charge in [0.15, 0.2) is 5.78 Å². The molecule has 0 aliphatic heterocycles. The predicted molar refractivity (Wildman–Crippen MR) is 72.6 cm³/mol. The molecule has 106 valence electrons. The quantitative estimate of drug-likeness (QED) is 0.538. The predicted octanol–water partition coefficient (Wildman–Crippen LogP) is 1.26. The summed E-state index contributed by atoms with van der Waals surface area (Å²) in [6.45, 7) is 1.33. The van der Waals surface area contributed by atoms with Crippen LogP contribution in [0.15, 0.2) is 24.3 Å². The highest BCUT2D eigenvalue weighted by atomic mass is 16.5. The summed E-state index contributed by atoms with van der Waals surface area (Å²) in [5.74, 6) is 0.405. The van der Waals surface area contributed by atoms with E-state index in [0.29, 0.717) is 37.6 Å². The van der Waals surface area contributed by atoms with E-state index in [1.54, 1.807) is 32.4 Å². The third-order valence-electron chi connectivity index (χ3n) is 2.67. The molecule has 0 spiro atoms. The lowest BCUT2D eigenvalue weighted by molar-refractivity contribution is 0.0928. The van der Waals surface area contributed by atoms with E-state index in [0.717, 1.165) is 0 Å². The van der Waals surface area contributed by atoms with Gasteiger partial charge in [-0.05, 0) is 18.6 Å². The van der Waals surface area contributed by atoms with E-state index in [1.807, 2.05) is 6.07 Å². The van der Waals surface area contributed by atoms with Gasteiger partial charge in [0.25, 0.3) is 0 Å². The minimum absolute atomic E-state index is 0.134. The van der Waals surface area contributed by atoms with Gasteiger partial charge in [-0.2, -0.15) is 0 Å². The number of carbonyl (C=O) groups excluding carboxylic acids is 1. The van der Waals surface area contributed by atoms with Crippen LogP contribution in [0.2, 0.25) is 0 Å². The van der Waals surface area contributed by atoms with Crippen molar-refractivity contribution in [2.75, 3.05) is 34.0 Å². The standard InChI is InChI=1S/C14H21NO4/c1-17-8-7-12(15)14(16)11-5-3-4-6-13(11)19-10-9-18-2/h3-6,12H,7-10,15H2,1-2H3. The van der Waals surface area contributed by atoms with Crippen LogP contribution in [0.4, 0.5) is 0 Å². The lowest BCUT2D eigenvalue weighted by atomic mass is 10.0. The molecule has 0 aromatic heterocycles. The average molecular weight is 267 g/mol. The number of nitrogens with two attached hydrogens (primary N) is 1. The first-order chi connectivity index (χ1) is 9.20. The fraction of sp³-hybridized carbons (Fsp3) is 0.500. The van der Waals surface area contributed by atoms with Gasteiger partial charge < -0.3 is 19.9 Å². The van der Waals surface area contributed by atoms with Crippen LogP contribution >= 0.6 is 0 Å². The Hall–Kier alpha value is -1.43. The molecule has 0 saturated carbocycles. The van der Waals surface area contributed by atoms with E-state index in [4.69, 9.17) is 19.9 Å². The monoisotopic (exact) mass is 267 g/mol. The molecule has 0 aliphatic rings. The number of carbonyl (C=O) groups is 1. The zero-order valence-electron chi connectivity index (χ0n) is 11.4. The van der Waals surface area contributed by atoms with Gasteiger partial charge in [-0.15, -0.1) is 0 Å². The minimum Gasteiger partial charge on any atom is -0.490 e. The first-order valence-electron chi connectivity index (χ1n) is 6.20. The maximum Gasteiger partial charge on any atom is 0.183 e. The third kappa shape index (κ3) is 4.98. The molecular weight excluding hydrogens is 246 g/mol. The smallest absolute Gasteiger partial charge is 0.183 e. The number of hydrogen-bond acceptors (Lipinski definition) is 5. The van der Waals surface area contributed by atoms with Crippen LogP contribution in [-0.2, 0) is 9.47 Å². The second-order valence-electron chi connectivity index (χ2n) is 4.09. The van der Waals surface area contributed by atoms with Crippen LogP contribution in [-0.4, -0.2) is 45.9 Å². The maximum atomic E-state index is 12.2. The summed E-state index contributed by atoms with van der Waals surface area (Å²) in [7, 11) is 3.18. The van der Waals surface area contributed by atoms with Crippen molar-refractivity contribution in [3.8, 4) is 5.75 Å². The van der Waals surface area contributed by atoms with Crippen LogP contribution in [0, 0.1) is 0 Å². The number of ether oxygens (including phenoxy) is 3. The Morgan fingerprint density at radius 2 is 1.84 bits per heavy atom. The van der Waals surface area contributed by atoms with Crippen molar-refractivity contribution in [2.24, 2.45) is 5.73 Å². The van der Waals surface area contributed by atoms with Gasteiger partial charge in [0.1, 0.15) is 12.4 Å². The van der Waals surface area contributed by atoms with E-state index in [2.05, 4.69) is 0 Å². The summed E-state index contributed by atoms with van der Waals surface area (Å²) in [5.41, 5.74) is 6.35. The number of rotatable bonds is 9. The molecule has 1 rings (SSSR count). The number of benzene rings is 1. The lowest BCUT2D eigenvalue weighted by Gasteiger charge is -2.14. The lowest BCUT2D eigenvalue weighted by Crippen LogP contribution is -2.32. The zero-order valence-corrected chi connectivity index (χ0v) is 11.4. The number of hydrogen-bond donors (Lipinski definition) is 1. The normalized spacial score (nSPS) is 12.2. The Morgan fingerprint density at radius 3 is 2.53 bits per heavy atom. The number of methoxy groups -OCH3 is 2. The highest BCUT2D eigenvalue weighted by molar-refractivity contribution is 6.02. The van der Waals surface area contributed by atoms with Crippen molar-refractivity contribution in [1.29, 1.82) is 0 Å². The van der Waals surface area contributed by atoms with Crippen LogP contribution in [0.3, 0.4) is 0 Å². The van der Waals surface area contributed by atoms with Crippen LogP contribution < -0.4 is 10.5 Å². The van der Waals surface area contributed by atoms with Gasteiger partial charge in [0.2, 0.25) is 0 Å². The second kappa shape index (κ2) is 8.63. The van der Waals surface area contributed by atoms with Crippen molar-refractivity contribution < 1.29 is 19.0 Å². The Labute approximate surface area is 113 Å². The second-order valence-corrected chi connectivity index (χ2v) is 4.09. The van der Waals surface area contributed by atoms with Crippen LogP contribution in [0.1, 0.15) is 16.8 Å². The summed E-state index contributed by atoms with van der Waals surface area (Å²) in [6, 6.07) is 6.51. The van der Waals surface area contributed by atoms with E-state index in [9.17, 15) is 4.79 Å². The number of ketones is 1. The molecule has 0 aliphatic carbocycles. The first-order valence-corrected chi connectivity index (χ1v) is 6.20. The molecule has 1 unspecified atom stereocenters. The highest BCUT2D eigenvalue weighted by Gasteiger charge is 2.19. The summed E-state index contributed by atoms with van der Waals surface area (Å²) in [5, 5.41) is 0. The van der Waals surface area contributed by atoms with Crippen LogP contribution in [0.25, 0.3) is 0 Å². The van der Waals surface area contributed by atoms with Gasteiger partial charge >= 0.3 is 0 Å². The molecule has 1 aromatic rings. The molecule has 0 saturated heterocycles. The first kappa shape index (κ1) is 15.6. The summed E-state index contributed by atoms with van der Waals surface area (Å²) in [4.78, 5) is 12.2. The number of para-hydroxylation sites is 1. The van der Waals surface area contributed by atoms with E-state index >= 15 is 0 Å². The van der Waals surface area contributed by atoms with Crippen LogP contribution in [0.5, 0.6) is 5.75 Å². The fourth-order valence-electron chi connectivity index (χ4n) is 1.61. The minimum atomic E-state index is -0.577. The molecule has 5 heteroatoms. The van der Waals surface area contributed by atoms with Crippen molar-refractivity contribution >= 4 is 5.78 Å². The highest BCUT2D eigenvalue weighted by Crippen LogP contribution is 2.20. The van der Waals surface area contributed by atoms with E-state index in [-0.39, 0.29) is 5.78 Å². The summed E-state index contributed by atoms with van der Waals surface area (Å²) >= 11 is 0. The van der Waals surface area contributed by atoms with Crippen molar-refractivity contribution in [1.82, 2.24) is 0 Å². The van der Waals surface area contributed by atoms with Gasteiger partial charge in [0, 0.05) is 20.8 Å². The molecule has 0 heterocycles. The molecular formula is C14H21NO4. The topological polar surface area (TPSA) is 70.8 Å². The molecule has 5 nitrogen and oxygen atoms in total. The van der Waals surface area contributed by atoms with E-state index in [1.165, 1.54) is 0 Å². The molecule has 2 N–H and O–H groups in total. The van der Waals surface area contributed by atoms with Crippen molar-refractivity contribution in [3.05, 3.63) is 29.8 Å². The Kier molecular flexibility index (Phi) is 7.10. The molecule has 0 bridgehead atoms. The third-order valence-corrected chi connectivity index (χ3v) is 2.67. The Balaban J connectivity index is 2.72. The van der Waals surface area contributed by atoms with Crippen molar-refractivity contribution in [2.45, 2.75) is 12.5 Å². The molecule has 0 radical (unpaired) electrons. The molecule has 0 amide bonds. The van der Waals surface area contributed by atoms with Crippen molar-refractivity contribution in [3.63, 3.8) is 0 Å². The SMILES string of the molecule is COCCOc1ccccc1C(=O)C(N)CCOC. The fourth-order valence-corrected chi connectivity index (χ4v) is 1.61. The van der Waals surface area contributed by atoms with Gasteiger partial charge in [-0.1, -0.05) is 12.1 Å². The Bertz CT molecular complexity index is 395. The molecule has 19 heavy (non-hydrogen) atoms. The summed E-state index contributed by atoms with van der Waals surface area (Å²) < 4.78 is 15.4. The maximum absolute atomic E-state index is 12.2. The van der Waals surface area contributed by atoms with Gasteiger partial charge in [-0.3, -0.25) is 4.79 Å². The Morgan fingerprint density at radius 1 is 1.16 bits per heavy atom. The average Bonchev–Trinajstić information content (AvgIpc) is 2.44. The zero-order chi connectivity index (χ0) is 14.1. The van der Waals surface area contributed by atoms with Gasteiger partial charge in [0.05, 0.1) is 18.2 Å². The largest absolute Gasteiger partial charge is 0.490 e. The molecule has 1 atom stereocenters. The number of Topliss-reactive ketones (excluding diaryl/α,β-unsaturated/α-hetero) is 1. The molecule has 0 fully saturated rings.